The molecule has 2 radical (unpaired) electrons. The minimum absolute atomic E-state index is 0.137. The van der Waals surface area contributed by atoms with Gasteiger partial charge in [-0.2, -0.15) is 0 Å². The van der Waals surface area contributed by atoms with Gasteiger partial charge in [-0.05, 0) is 12.5 Å². The van der Waals surface area contributed by atoms with Crippen LogP contribution >= 0.6 is 0 Å². The average molecular weight is 161 g/mol. The molecule has 0 aliphatic carbocycles. The second-order valence-electron chi connectivity index (χ2n) is 2.58. The van der Waals surface area contributed by atoms with E-state index in [1.165, 1.54) is 6.07 Å². The summed E-state index contributed by atoms with van der Waals surface area (Å²) in [6, 6.07) is 5.01. The monoisotopic (exact) mass is 161 g/mol. The van der Waals surface area contributed by atoms with Crippen molar-refractivity contribution < 1.29 is 4.92 Å². The average Bonchev–Trinajstić information content (AvgIpc) is 2.05. The molecule has 3 nitrogen and oxygen atoms in total. The summed E-state index contributed by atoms with van der Waals surface area (Å²) in [5.41, 5.74) is 1.59. The van der Waals surface area contributed by atoms with Crippen LogP contribution in [0.4, 0.5) is 5.69 Å². The highest BCUT2D eigenvalue weighted by Crippen LogP contribution is 2.18. The number of nitro benzene ring substituents is 1. The van der Waals surface area contributed by atoms with Crippen molar-refractivity contribution in [1.29, 1.82) is 0 Å². The van der Waals surface area contributed by atoms with Crippen molar-refractivity contribution in [3.8, 4) is 0 Å². The first-order valence-corrected chi connectivity index (χ1v) is 3.59. The van der Waals surface area contributed by atoms with Gasteiger partial charge < -0.3 is 0 Å². The fourth-order valence-corrected chi connectivity index (χ4v) is 0.979. The standard InChI is InChI=1S/C8H8BNO2/c1-6-2-3-7(5-9)4-8(6)10(11)12/h2-4H,5H2,1H3. The van der Waals surface area contributed by atoms with Crippen molar-refractivity contribution in [2.24, 2.45) is 0 Å². The molecule has 0 N–H and O–H groups in total. The van der Waals surface area contributed by atoms with E-state index in [9.17, 15) is 10.1 Å². The molecule has 0 bridgehead atoms. The molecule has 0 aliphatic rings. The van der Waals surface area contributed by atoms with Crippen LogP contribution < -0.4 is 0 Å². The highest BCUT2D eigenvalue weighted by atomic mass is 16.6. The lowest BCUT2D eigenvalue weighted by atomic mass is 9.96. The quantitative estimate of drug-likeness (QED) is 0.375. The molecule has 12 heavy (non-hydrogen) atoms. The van der Waals surface area contributed by atoms with E-state index in [1.54, 1.807) is 19.1 Å². The van der Waals surface area contributed by atoms with Gasteiger partial charge in [-0.3, -0.25) is 10.1 Å². The molecular weight excluding hydrogens is 153 g/mol. The Morgan fingerprint density at radius 3 is 2.75 bits per heavy atom. The first kappa shape index (κ1) is 8.78. The van der Waals surface area contributed by atoms with Crippen LogP contribution in [0.2, 0.25) is 0 Å². The van der Waals surface area contributed by atoms with Gasteiger partial charge in [0, 0.05) is 11.6 Å². The van der Waals surface area contributed by atoms with E-state index in [-0.39, 0.29) is 5.69 Å². The number of rotatable bonds is 2. The maximum atomic E-state index is 10.5. The Labute approximate surface area is 72.0 Å². The maximum absolute atomic E-state index is 10.5. The first-order chi connectivity index (χ1) is 5.65. The van der Waals surface area contributed by atoms with Crippen molar-refractivity contribution in [3.05, 3.63) is 39.4 Å². The Morgan fingerprint density at radius 2 is 2.25 bits per heavy atom. The van der Waals surface area contributed by atoms with Gasteiger partial charge >= 0.3 is 0 Å². The van der Waals surface area contributed by atoms with Crippen LogP contribution in [-0.4, -0.2) is 12.8 Å². The Hall–Kier alpha value is -1.32. The van der Waals surface area contributed by atoms with E-state index in [2.05, 4.69) is 0 Å². The van der Waals surface area contributed by atoms with Crippen molar-refractivity contribution >= 4 is 13.5 Å². The molecule has 1 aromatic rings. The summed E-state index contributed by atoms with van der Waals surface area (Å²) in [5.74, 6) is 0. The van der Waals surface area contributed by atoms with Gasteiger partial charge in [0.05, 0.1) is 12.8 Å². The first-order valence-electron chi connectivity index (χ1n) is 3.59. The van der Waals surface area contributed by atoms with Crippen LogP contribution in [0.5, 0.6) is 0 Å². The predicted molar refractivity (Wildman–Crippen MR) is 47.3 cm³/mol. The summed E-state index contributed by atoms with van der Waals surface area (Å²) in [7, 11) is 5.35. The molecule has 0 aromatic heterocycles. The molecule has 60 valence electrons. The molecule has 1 rings (SSSR count). The molecule has 0 saturated carbocycles. The van der Waals surface area contributed by atoms with Crippen LogP contribution in [0.15, 0.2) is 18.2 Å². The van der Waals surface area contributed by atoms with Crippen LogP contribution in [-0.2, 0) is 6.32 Å². The summed E-state index contributed by atoms with van der Waals surface area (Å²) < 4.78 is 0. The third kappa shape index (κ3) is 1.64. The molecule has 0 saturated heterocycles. The van der Waals surface area contributed by atoms with E-state index in [1.807, 2.05) is 0 Å². The van der Waals surface area contributed by atoms with Crippen molar-refractivity contribution in [1.82, 2.24) is 0 Å². The number of hydrogen-bond acceptors (Lipinski definition) is 2. The van der Waals surface area contributed by atoms with Gasteiger partial charge in [-0.15, -0.1) is 0 Å². The van der Waals surface area contributed by atoms with E-state index >= 15 is 0 Å². The zero-order valence-corrected chi connectivity index (χ0v) is 6.78. The molecule has 0 fully saturated rings. The SMILES string of the molecule is [B]Cc1ccc(C)c([N+](=O)[O-])c1. The molecule has 0 heterocycles. The highest BCUT2D eigenvalue weighted by molar-refractivity contribution is 6.08. The van der Waals surface area contributed by atoms with Gasteiger partial charge in [0.25, 0.3) is 5.69 Å². The van der Waals surface area contributed by atoms with Crippen LogP contribution in [0.1, 0.15) is 11.1 Å². The van der Waals surface area contributed by atoms with Gasteiger partial charge in [0.2, 0.25) is 0 Å². The number of nitrogens with zero attached hydrogens (tertiary/aromatic N) is 1. The largest absolute Gasteiger partial charge is 0.272 e. The topological polar surface area (TPSA) is 43.1 Å². The Kier molecular flexibility index (Phi) is 2.48. The third-order valence-corrected chi connectivity index (χ3v) is 1.71. The van der Waals surface area contributed by atoms with Crippen molar-refractivity contribution in [3.63, 3.8) is 0 Å². The van der Waals surface area contributed by atoms with E-state index < -0.39 is 4.92 Å². The van der Waals surface area contributed by atoms with E-state index in [0.717, 1.165) is 5.56 Å². The Balaban J connectivity index is 3.17. The normalized spacial score (nSPS) is 9.75. The fourth-order valence-electron chi connectivity index (χ4n) is 0.979. The second kappa shape index (κ2) is 3.39. The van der Waals surface area contributed by atoms with Crippen LogP contribution in [0, 0.1) is 17.0 Å². The lowest BCUT2D eigenvalue weighted by Gasteiger charge is -1.99. The number of aryl methyl sites for hydroxylation is 1. The molecule has 0 atom stereocenters. The molecule has 0 aliphatic heterocycles. The minimum atomic E-state index is -0.394. The summed E-state index contributed by atoms with van der Waals surface area (Å²) in [6.45, 7) is 1.71. The highest BCUT2D eigenvalue weighted by Gasteiger charge is 2.09. The van der Waals surface area contributed by atoms with Gasteiger partial charge in [0.15, 0.2) is 0 Å². The second-order valence-corrected chi connectivity index (χ2v) is 2.58. The van der Waals surface area contributed by atoms with Crippen LogP contribution in [0.25, 0.3) is 0 Å². The van der Waals surface area contributed by atoms with E-state index in [4.69, 9.17) is 7.85 Å². The number of benzene rings is 1. The molecule has 1 aromatic carbocycles. The third-order valence-electron chi connectivity index (χ3n) is 1.71. The number of nitro groups is 1. The smallest absolute Gasteiger partial charge is 0.258 e. The van der Waals surface area contributed by atoms with Crippen molar-refractivity contribution in [2.75, 3.05) is 0 Å². The predicted octanol–water partition coefficient (Wildman–Crippen LogP) is 1.57. The zero-order valence-electron chi connectivity index (χ0n) is 6.78. The van der Waals surface area contributed by atoms with Crippen molar-refractivity contribution in [2.45, 2.75) is 13.2 Å². The van der Waals surface area contributed by atoms with Gasteiger partial charge in [-0.25, -0.2) is 0 Å². The minimum Gasteiger partial charge on any atom is -0.258 e. The lowest BCUT2D eigenvalue weighted by molar-refractivity contribution is -0.385. The molecule has 0 unspecified atom stereocenters. The molecule has 0 spiro atoms. The van der Waals surface area contributed by atoms with Gasteiger partial charge in [-0.1, -0.05) is 18.5 Å². The Morgan fingerprint density at radius 1 is 1.58 bits per heavy atom. The summed E-state index contributed by atoms with van der Waals surface area (Å²) in [4.78, 5) is 10.1. The fraction of sp³-hybridized carbons (Fsp3) is 0.250. The lowest BCUT2D eigenvalue weighted by Crippen LogP contribution is -1.93. The molecule has 4 heteroatoms. The van der Waals surface area contributed by atoms with Crippen LogP contribution in [0.3, 0.4) is 0 Å². The Bertz CT molecular complexity index is 312. The molecular formula is C8H8BNO2. The van der Waals surface area contributed by atoms with Gasteiger partial charge in [0.1, 0.15) is 0 Å². The maximum Gasteiger partial charge on any atom is 0.272 e. The summed E-state index contributed by atoms with van der Waals surface area (Å²) >= 11 is 0. The zero-order chi connectivity index (χ0) is 9.14. The van der Waals surface area contributed by atoms with E-state index in [0.29, 0.717) is 11.9 Å². The summed E-state index contributed by atoms with van der Waals surface area (Å²) in [6.07, 6.45) is 0.334. The number of hydrogen-bond donors (Lipinski definition) is 0. The molecule has 0 amide bonds. The summed E-state index contributed by atoms with van der Waals surface area (Å²) in [5, 5.41) is 10.5.